The van der Waals surface area contributed by atoms with Crippen LogP contribution >= 0.6 is 0 Å². The van der Waals surface area contributed by atoms with Crippen LogP contribution in [-0.4, -0.2) is 15.9 Å². The first kappa shape index (κ1) is 13.0. The molecule has 1 atom stereocenters. The maximum Gasteiger partial charge on any atom is 0.249 e. The zero-order chi connectivity index (χ0) is 13.9. The number of anilines is 1. The molecule has 1 amide bonds. The molecule has 5 heteroatoms. The van der Waals surface area contributed by atoms with Crippen LogP contribution in [0.4, 0.5) is 5.69 Å². The van der Waals surface area contributed by atoms with Crippen LogP contribution < -0.4 is 11.1 Å². The number of aromatic nitrogens is 2. The number of carbonyl (C=O) groups excluding carboxylic acids is 1. The zero-order valence-electron chi connectivity index (χ0n) is 10.9. The Morgan fingerprint density at radius 3 is 2.47 bits per heavy atom. The van der Waals surface area contributed by atoms with Gasteiger partial charge in [0.1, 0.15) is 0 Å². The molecule has 0 radical (unpaired) electrons. The van der Waals surface area contributed by atoms with E-state index < -0.39 is 11.4 Å². The topological polar surface area (TPSA) is 80.9 Å². The minimum absolute atomic E-state index is 0.489. The molecule has 1 unspecified atom stereocenters. The summed E-state index contributed by atoms with van der Waals surface area (Å²) in [5, 5.41) is 3.12. The van der Waals surface area contributed by atoms with Crippen molar-refractivity contribution in [2.75, 3.05) is 5.32 Å². The molecule has 2 aromatic rings. The van der Waals surface area contributed by atoms with Gasteiger partial charge >= 0.3 is 0 Å². The Kier molecular flexibility index (Phi) is 3.46. The van der Waals surface area contributed by atoms with E-state index in [0.717, 1.165) is 11.3 Å². The summed E-state index contributed by atoms with van der Waals surface area (Å²) < 4.78 is 0. The van der Waals surface area contributed by atoms with Gasteiger partial charge in [-0.05, 0) is 26.0 Å². The lowest BCUT2D eigenvalue weighted by molar-refractivity contribution is -0.122. The molecule has 0 aliphatic carbocycles. The number of benzene rings is 1. The predicted molar refractivity (Wildman–Crippen MR) is 73.4 cm³/mol. The molecule has 0 spiro atoms. The number of hydrogen-bond acceptors (Lipinski definition) is 4. The molecule has 98 valence electrons. The second-order valence-corrected chi connectivity index (χ2v) is 4.57. The normalized spacial score (nSPS) is 13.6. The van der Waals surface area contributed by atoms with Crippen LogP contribution in [-0.2, 0) is 10.3 Å². The Morgan fingerprint density at radius 2 is 1.95 bits per heavy atom. The van der Waals surface area contributed by atoms with E-state index in [2.05, 4.69) is 15.3 Å². The van der Waals surface area contributed by atoms with E-state index in [1.165, 1.54) is 12.4 Å². The minimum Gasteiger partial charge on any atom is -0.367 e. The quantitative estimate of drug-likeness (QED) is 0.870. The molecule has 3 N–H and O–H groups in total. The molecular formula is C14H16N4O. The van der Waals surface area contributed by atoms with E-state index >= 15 is 0 Å². The Balaban J connectivity index is 2.36. The van der Waals surface area contributed by atoms with Gasteiger partial charge in [-0.1, -0.05) is 17.7 Å². The van der Waals surface area contributed by atoms with Gasteiger partial charge in [-0.3, -0.25) is 14.8 Å². The largest absolute Gasteiger partial charge is 0.367 e. The second-order valence-electron chi connectivity index (χ2n) is 4.57. The van der Waals surface area contributed by atoms with Crippen LogP contribution in [0, 0.1) is 6.92 Å². The highest BCUT2D eigenvalue weighted by Gasteiger charge is 2.34. The Bertz CT molecular complexity index is 568. The zero-order valence-corrected chi connectivity index (χ0v) is 10.9. The fourth-order valence-electron chi connectivity index (χ4n) is 1.73. The van der Waals surface area contributed by atoms with E-state index in [-0.39, 0.29) is 0 Å². The molecule has 0 saturated carbocycles. The smallest absolute Gasteiger partial charge is 0.249 e. The molecule has 1 aromatic carbocycles. The lowest BCUT2D eigenvalue weighted by Crippen LogP contribution is -2.45. The fourth-order valence-corrected chi connectivity index (χ4v) is 1.73. The van der Waals surface area contributed by atoms with Gasteiger partial charge in [0, 0.05) is 18.1 Å². The summed E-state index contributed by atoms with van der Waals surface area (Å²) in [5.74, 6) is -0.506. The van der Waals surface area contributed by atoms with Crippen LogP contribution in [0.2, 0.25) is 0 Å². The number of aryl methyl sites for hydroxylation is 1. The Hall–Kier alpha value is -2.43. The number of rotatable bonds is 4. The van der Waals surface area contributed by atoms with Crippen LogP contribution in [0.15, 0.2) is 42.9 Å². The van der Waals surface area contributed by atoms with Gasteiger partial charge in [-0.2, -0.15) is 0 Å². The summed E-state index contributed by atoms with van der Waals surface area (Å²) in [7, 11) is 0. The monoisotopic (exact) mass is 256 g/mol. The van der Waals surface area contributed by atoms with E-state index in [0.29, 0.717) is 5.69 Å². The third-order valence-electron chi connectivity index (χ3n) is 3.01. The lowest BCUT2D eigenvalue weighted by Gasteiger charge is -2.27. The number of primary amides is 1. The molecule has 5 nitrogen and oxygen atoms in total. The predicted octanol–water partition coefficient (Wildman–Crippen LogP) is 1.60. The number of nitrogens with one attached hydrogen (secondary N) is 1. The summed E-state index contributed by atoms with van der Waals surface area (Å²) in [6.45, 7) is 3.69. The molecule has 19 heavy (non-hydrogen) atoms. The van der Waals surface area contributed by atoms with Crippen molar-refractivity contribution in [2.45, 2.75) is 19.4 Å². The van der Waals surface area contributed by atoms with E-state index in [1.807, 2.05) is 31.2 Å². The number of hydrogen-bond donors (Lipinski definition) is 2. The van der Waals surface area contributed by atoms with Crippen molar-refractivity contribution in [3.05, 3.63) is 54.1 Å². The van der Waals surface area contributed by atoms with Crippen molar-refractivity contribution in [3.63, 3.8) is 0 Å². The van der Waals surface area contributed by atoms with Crippen LogP contribution in [0.3, 0.4) is 0 Å². The Morgan fingerprint density at radius 1 is 1.26 bits per heavy atom. The van der Waals surface area contributed by atoms with Crippen molar-refractivity contribution in [1.82, 2.24) is 9.97 Å². The van der Waals surface area contributed by atoms with Crippen molar-refractivity contribution in [1.29, 1.82) is 0 Å². The van der Waals surface area contributed by atoms with Crippen LogP contribution in [0.5, 0.6) is 0 Å². The summed E-state index contributed by atoms with van der Waals surface area (Å²) in [4.78, 5) is 19.9. The molecule has 0 bridgehead atoms. The summed E-state index contributed by atoms with van der Waals surface area (Å²) >= 11 is 0. The van der Waals surface area contributed by atoms with Gasteiger partial charge in [0.2, 0.25) is 5.91 Å². The molecule has 1 heterocycles. The number of carbonyl (C=O) groups is 1. The highest BCUT2D eigenvalue weighted by molar-refractivity contribution is 5.88. The maximum atomic E-state index is 11.8. The highest BCUT2D eigenvalue weighted by atomic mass is 16.1. The van der Waals surface area contributed by atoms with Gasteiger partial charge in [-0.25, -0.2) is 0 Å². The van der Waals surface area contributed by atoms with E-state index in [4.69, 9.17) is 5.73 Å². The maximum absolute atomic E-state index is 11.8. The van der Waals surface area contributed by atoms with Crippen molar-refractivity contribution < 1.29 is 4.79 Å². The van der Waals surface area contributed by atoms with Gasteiger partial charge in [0.05, 0.1) is 11.9 Å². The van der Waals surface area contributed by atoms with Gasteiger partial charge in [0.25, 0.3) is 0 Å². The Labute approximate surface area is 111 Å². The highest BCUT2D eigenvalue weighted by Crippen LogP contribution is 2.24. The lowest BCUT2D eigenvalue weighted by atomic mass is 9.96. The standard InChI is InChI=1S/C14H16N4O/c1-10-3-5-11(6-4-10)18-14(2,13(15)19)12-9-16-7-8-17-12/h3-9,18H,1-2H3,(H2,15,19). The van der Waals surface area contributed by atoms with E-state index in [1.54, 1.807) is 13.1 Å². The van der Waals surface area contributed by atoms with Crippen molar-refractivity contribution >= 4 is 11.6 Å². The van der Waals surface area contributed by atoms with Crippen LogP contribution in [0.1, 0.15) is 18.2 Å². The summed E-state index contributed by atoms with van der Waals surface area (Å²) in [6.07, 6.45) is 4.62. The SMILES string of the molecule is Cc1ccc(NC(C)(C(N)=O)c2cnccn2)cc1. The van der Waals surface area contributed by atoms with Gasteiger partial charge in [0.15, 0.2) is 5.54 Å². The van der Waals surface area contributed by atoms with Gasteiger partial charge in [-0.15, -0.1) is 0 Å². The average molecular weight is 256 g/mol. The molecule has 0 aliphatic rings. The molecule has 0 fully saturated rings. The first-order chi connectivity index (χ1) is 9.02. The van der Waals surface area contributed by atoms with Crippen molar-refractivity contribution in [3.8, 4) is 0 Å². The first-order valence-corrected chi connectivity index (χ1v) is 5.93. The molecular weight excluding hydrogens is 240 g/mol. The van der Waals surface area contributed by atoms with E-state index in [9.17, 15) is 4.79 Å². The average Bonchev–Trinajstić information content (AvgIpc) is 2.42. The molecule has 1 aromatic heterocycles. The molecule has 0 saturated heterocycles. The first-order valence-electron chi connectivity index (χ1n) is 5.93. The second kappa shape index (κ2) is 5.06. The number of amides is 1. The minimum atomic E-state index is -1.09. The number of nitrogens with two attached hydrogens (primary N) is 1. The summed E-state index contributed by atoms with van der Waals surface area (Å²) in [5.41, 5.74) is 6.85. The van der Waals surface area contributed by atoms with Gasteiger partial charge < -0.3 is 11.1 Å². The van der Waals surface area contributed by atoms with Crippen molar-refractivity contribution in [2.24, 2.45) is 5.73 Å². The molecule has 2 rings (SSSR count). The third kappa shape index (κ3) is 2.70. The van der Waals surface area contributed by atoms with Crippen LogP contribution in [0.25, 0.3) is 0 Å². The third-order valence-corrected chi connectivity index (χ3v) is 3.01. The summed E-state index contributed by atoms with van der Waals surface area (Å²) in [6, 6.07) is 7.71. The number of nitrogens with zero attached hydrogens (tertiary/aromatic N) is 2. The molecule has 0 aliphatic heterocycles. The fraction of sp³-hybridized carbons (Fsp3) is 0.214.